The summed E-state index contributed by atoms with van der Waals surface area (Å²) in [4.78, 5) is 20.9. The predicted octanol–water partition coefficient (Wildman–Crippen LogP) is 2.75. The average molecular weight is 338 g/mol. The smallest absolute Gasteiger partial charge is 0.320 e. The summed E-state index contributed by atoms with van der Waals surface area (Å²) < 4.78 is 1.64. The quantitative estimate of drug-likeness (QED) is 0.901. The van der Waals surface area contributed by atoms with Gasteiger partial charge in [0.15, 0.2) is 5.82 Å². The van der Waals surface area contributed by atoms with Crippen LogP contribution in [0.3, 0.4) is 0 Å². The third-order valence-electron chi connectivity index (χ3n) is 6.05. The maximum atomic E-state index is 12.6. The minimum absolute atomic E-state index is 0.00330. The summed E-state index contributed by atoms with van der Waals surface area (Å²) in [5, 5.41) is 10.3. The van der Waals surface area contributed by atoms with Crippen molar-refractivity contribution in [1.29, 1.82) is 0 Å². The zero-order valence-corrected chi connectivity index (χ0v) is 14.1. The number of carbonyl (C=O) groups is 1. The molecule has 0 spiro atoms. The van der Waals surface area contributed by atoms with Gasteiger partial charge in [0.05, 0.1) is 0 Å². The molecule has 4 bridgehead atoms. The number of aromatic nitrogens is 4. The van der Waals surface area contributed by atoms with E-state index in [4.69, 9.17) is 0 Å². The predicted molar refractivity (Wildman–Crippen MR) is 92.2 cm³/mol. The molecule has 0 aliphatic heterocycles. The lowest BCUT2D eigenvalue weighted by Crippen LogP contribution is -2.60. The Hall–Kier alpha value is -2.44. The Labute approximate surface area is 146 Å². The van der Waals surface area contributed by atoms with Crippen LogP contribution in [0.25, 0.3) is 5.82 Å². The third kappa shape index (κ3) is 2.77. The SMILES string of the molecule is O=C(Nc1cc(-n2cccn2)ncn1)NC12CC3CC(CC(C3)C1)C2. The lowest BCUT2D eigenvalue weighted by atomic mass is 9.53. The zero-order chi connectivity index (χ0) is 16.9. The summed E-state index contributed by atoms with van der Waals surface area (Å²) in [6.45, 7) is 0. The Morgan fingerprint density at radius 1 is 1.12 bits per heavy atom. The number of amides is 2. The first-order valence-corrected chi connectivity index (χ1v) is 9.09. The van der Waals surface area contributed by atoms with Crippen LogP contribution in [0.4, 0.5) is 10.6 Å². The number of hydrogen-bond donors (Lipinski definition) is 2. The molecule has 4 fully saturated rings. The fourth-order valence-corrected chi connectivity index (χ4v) is 5.60. The standard InChI is InChI=1S/C18H22N6O/c25-17(22-15-7-16(20-11-19-15)24-3-1-2-21-24)23-18-8-12-4-13(9-18)6-14(5-12)10-18/h1-3,7,11-14H,4-6,8-10H2,(H2,19,20,22,23,25). The fourth-order valence-electron chi connectivity index (χ4n) is 5.60. The summed E-state index contributed by atoms with van der Waals surface area (Å²) >= 11 is 0. The van der Waals surface area contributed by atoms with E-state index in [1.807, 2.05) is 12.3 Å². The van der Waals surface area contributed by atoms with Gasteiger partial charge in [0.2, 0.25) is 0 Å². The minimum Gasteiger partial charge on any atom is -0.332 e. The second-order valence-corrected chi connectivity index (χ2v) is 7.99. The lowest BCUT2D eigenvalue weighted by molar-refractivity contribution is -0.0127. The number of anilines is 1. The van der Waals surface area contributed by atoms with E-state index in [9.17, 15) is 4.79 Å². The van der Waals surface area contributed by atoms with Crippen LogP contribution < -0.4 is 10.6 Å². The molecule has 0 saturated heterocycles. The highest BCUT2D eigenvalue weighted by atomic mass is 16.2. The largest absolute Gasteiger partial charge is 0.332 e. The van der Waals surface area contributed by atoms with Gasteiger partial charge < -0.3 is 5.32 Å². The van der Waals surface area contributed by atoms with Crippen LogP contribution >= 0.6 is 0 Å². The van der Waals surface area contributed by atoms with Gasteiger partial charge in [-0.15, -0.1) is 0 Å². The summed E-state index contributed by atoms with van der Waals surface area (Å²) in [7, 11) is 0. The van der Waals surface area contributed by atoms with Crippen molar-refractivity contribution in [3.8, 4) is 5.82 Å². The maximum Gasteiger partial charge on any atom is 0.320 e. The van der Waals surface area contributed by atoms with Crippen molar-refractivity contribution in [3.63, 3.8) is 0 Å². The first-order chi connectivity index (χ1) is 12.2. The Balaban J connectivity index is 1.29. The van der Waals surface area contributed by atoms with E-state index >= 15 is 0 Å². The molecule has 0 atom stereocenters. The van der Waals surface area contributed by atoms with E-state index in [0.717, 1.165) is 37.0 Å². The van der Waals surface area contributed by atoms with Crippen LogP contribution in [-0.2, 0) is 0 Å². The van der Waals surface area contributed by atoms with Gasteiger partial charge in [0.1, 0.15) is 12.1 Å². The molecule has 2 aromatic rings. The molecule has 0 radical (unpaired) electrons. The van der Waals surface area contributed by atoms with E-state index in [1.165, 1.54) is 25.6 Å². The molecule has 2 amide bonds. The van der Waals surface area contributed by atoms with Crippen molar-refractivity contribution in [3.05, 3.63) is 30.9 Å². The van der Waals surface area contributed by atoms with Crippen molar-refractivity contribution in [2.75, 3.05) is 5.32 Å². The summed E-state index contributed by atoms with van der Waals surface area (Å²) in [6, 6.07) is 3.40. The van der Waals surface area contributed by atoms with E-state index < -0.39 is 0 Å². The van der Waals surface area contributed by atoms with E-state index in [-0.39, 0.29) is 11.6 Å². The van der Waals surface area contributed by atoms with Crippen LogP contribution in [0.1, 0.15) is 38.5 Å². The van der Waals surface area contributed by atoms with Gasteiger partial charge in [-0.25, -0.2) is 19.4 Å². The topological polar surface area (TPSA) is 84.7 Å². The molecule has 7 nitrogen and oxygen atoms in total. The van der Waals surface area contributed by atoms with Gasteiger partial charge in [-0.2, -0.15) is 5.10 Å². The molecule has 2 N–H and O–H groups in total. The van der Waals surface area contributed by atoms with Crippen LogP contribution in [0.2, 0.25) is 0 Å². The van der Waals surface area contributed by atoms with Crippen LogP contribution in [0, 0.1) is 17.8 Å². The molecule has 25 heavy (non-hydrogen) atoms. The second kappa shape index (κ2) is 5.54. The Morgan fingerprint density at radius 2 is 1.84 bits per heavy atom. The van der Waals surface area contributed by atoms with Gasteiger partial charge in [-0.05, 0) is 62.3 Å². The summed E-state index contributed by atoms with van der Waals surface area (Å²) in [5.41, 5.74) is -0.00330. The number of nitrogens with one attached hydrogen (secondary N) is 2. The van der Waals surface area contributed by atoms with Crippen molar-refractivity contribution >= 4 is 11.8 Å². The molecule has 6 rings (SSSR count). The highest BCUT2D eigenvalue weighted by Gasteiger charge is 2.51. The van der Waals surface area contributed by atoms with Crippen LogP contribution in [0.15, 0.2) is 30.9 Å². The molecule has 4 aliphatic carbocycles. The van der Waals surface area contributed by atoms with Gasteiger partial charge in [-0.3, -0.25) is 5.32 Å². The number of nitrogens with zero attached hydrogens (tertiary/aromatic N) is 4. The molecular formula is C18H22N6O. The highest BCUT2D eigenvalue weighted by molar-refractivity contribution is 5.89. The normalized spacial score (nSPS) is 32.6. The van der Waals surface area contributed by atoms with Crippen molar-refractivity contribution in [2.45, 2.75) is 44.1 Å². The van der Waals surface area contributed by atoms with Gasteiger partial charge in [0, 0.05) is 24.0 Å². The molecule has 4 saturated carbocycles. The third-order valence-corrected chi connectivity index (χ3v) is 6.05. The van der Waals surface area contributed by atoms with Gasteiger partial charge >= 0.3 is 6.03 Å². The molecule has 0 aromatic carbocycles. The average Bonchev–Trinajstić information content (AvgIpc) is 3.07. The molecule has 130 valence electrons. The first-order valence-electron chi connectivity index (χ1n) is 9.09. The zero-order valence-electron chi connectivity index (χ0n) is 14.1. The van der Waals surface area contributed by atoms with Crippen molar-refractivity contribution in [2.24, 2.45) is 17.8 Å². The molecular weight excluding hydrogens is 316 g/mol. The molecule has 2 heterocycles. The monoisotopic (exact) mass is 338 g/mol. The summed E-state index contributed by atoms with van der Waals surface area (Å²) in [5.74, 6) is 3.53. The first kappa shape index (κ1) is 14.9. The lowest BCUT2D eigenvalue weighted by Gasteiger charge is -2.56. The Kier molecular flexibility index (Phi) is 3.29. The number of rotatable bonds is 3. The molecule has 0 unspecified atom stereocenters. The molecule has 2 aromatic heterocycles. The van der Waals surface area contributed by atoms with E-state index in [0.29, 0.717) is 11.6 Å². The van der Waals surface area contributed by atoms with Crippen LogP contribution in [0.5, 0.6) is 0 Å². The number of carbonyl (C=O) groups excluding carboxylic acids is 1. The van der Waals surface area contributed by atoms with E-state index in [2.05, 4.69) is 25.7 Å². The fraction of sp³-hybridized carbons (Fsp3) is 0.556. The second-order valence-electron chi connectivity index (χ2n) is 7.99. The minimum atomic E-state index is -0.160. The van der Waals surface area contributed by atoms with Crippen molar-refractivity contribution < 1.29 is 4.79 Å². The number of hydrogen-bond acceptors (Lipinski definition) is 4. The van der Waals surface area contributed by atoms with Crippen LogP contribution in [-0.4, -0.2) is 31.3 Å². The van der Waals surface area contributed by atoms with E-state index in [1.54, 1.807) is 16.9 Å². The Bertz CT molecular complexity index is 751. The number of urea groups is 1. The molecule has 4 aliphatic rings. The highest BCUT2D eigenvalue weighted by Crippen LogP contribution is 2.55. The molecule has 7 heteroatoms. The van der Waals surface area contributed by atoms with Gasteiger partial charge in [-0.1, -0.05) is 0 Å². The van der Waals surface area contributed by atoms with Crippen molar-refractivity contribution in [1.82, 2.24) is 25.1 Å². The maximum absolute atomic E-state index is 12.6. The Morgan fingerprint density at radius 3 is 2.48 bits per heavy atom. The summed E-state index contributed by atoms with van der Waals surface area (Å²) in [6.07, 6.45) is 12.4. The van der Waals surface area contributed by atoms with Gasteiger partial charge in [0.25, 0.3) is 0 Å².